The van der Waals surface area contributed by atoms with Crippen molar-refractivity contribution < 1.29 is 78.7 Å². The third kappa shape index (κ3) is 15.0. The number of alkyl halides is 9. The summed E-state index contributed by atoms with van der Waals surface area (Å²) in [4.78, 5) is 37.4. The first-order valence-electron chi connectivity index (χ1n) is 12.4. The van der Waals surface area contributed by atoms with Gasteiger partial charge in [0.1, 0.15) is 6.10 Å². The smallest absolute Gasteiger partial charge is 0.475 e. The molecule has 2 aromatic heterocycles. The third-order valence-electron chi connectivity index (χ3n) is 5.66. The van der Waals surface area contributed by atoms with Gasteiger partial charge in [0.25, 0.3) is 0 Å². The highest BCUT2D eigenvalue weighted by Crippen LogP contribution is 2.32. The molecule has 2 saturated heterocycles. The van der Waals surface area contributed by atoms with Crippen molar-refractivity contribution in [1.82, 2.24) is 14.9 Å². The zero-order valence-electron chi connectivity index (χ0n) is 22.7. The predicted octanol–water partition coefficient (Wildman–Crippen LogP) is 4.33. The van der Waals surface area contributed by atoms with Gasteiger partial charge in [-0.05, 0) is 48.2 Å². The lowest BCUT2D eigenvalue weighted by Crippen LogP contribution is -2.41. The number of pyridine rings is 2. The lowest BCUT2D eigenvalue weighted by molar-refractivity contribution is -0.193. The first kappa shape index (κ1) is 39.0. The summed E-state index contributed by atoms with van der Waals surface area (Å²) in [5.74, 6) is -8.27. The van der Waals surface area contributed by atoms with Crippen LogP contribution in [0.25, 0.3) is 0 Å². The maximum Gasteiger partial charge on any atom is 0.490 e. The standard InChI is InChI=1S/C19H23N3O2.3C2HF3O2/c1-2-17-19(23-11-1)18(24-14-16-5-9-21-10-6-16)13-22(17)12-15-3-7-20-8-4-15;3*3-2(4,5)1(6)7/h3-10,17-19H,1-2,11-14H2;3*(H,6,7)/t17-,18+,19+;;;/m1.../s1. The van der Waals surface area contributed by atoms with Crippen LogP contribution in [0.4, 0.5) is 39.5 Å². The van der Waals surface area contributed by atoms with Gasteiger partial charge in [0, 0.05) is 50.5 Å². The number of carboxylic acid groups (broad SMARTS) is 3. The van der Waals surface area contributed by atoms with E-state index in [1.54, 1.807) is 0 Å². The van der Waals surface area contributed by atoms with Crippen molar-refractivity contribution >= 4 is 17.9 Å². The van der Waals surface area contributed by atoms with E-state index >= 15 is 0 Å². The van der Waals surface area contributed by atoms with E-state index in [0.717, 1.165) is 31.7 Å². The fourth-order valence-corrected chi connectivity index (χ4v) is 3.74. The SMILES string of the molecule is O=C(O)C(F)(F)F.O=C(O)C(F)(F)F.O=C(O)C(F)(F)F.c1cc(CO[C@H]2CN(Cc3ccncc3)[C@@H]3CCCO[C@H]23)ccn1. The number of carboxylic acids is 3. The van der Waals surface area contributed by atoms with Gasteiger partial charge in [-0.25, -0.2) is 14.4 Å². The quantitative estimate of drug-likeness (QED) is 0.390. The Morgan fingerprint density at radius 2 is 1.18 bits per heavy atom. The summed E-state index contributed by atoms with van der Waals surface area (Å²) in [7, 11) is 0. The molecule has 45 heavy (non-hydrogen) atoms. The van der Waals surface area contributed by atoms with Crippen LogP contribution in [0.3, 0.4) is 0 Å². The highest BCUT2D eigenvalue weighted by Gasteiger charge is 2.44. The Balaban J connectivity index is 0.000000396. The zero-order chi connectivity index (χ0) is 34.4. The zero-order valence-corrected chi connectivity index (χ0v) is 22.7. The molecule has 3 N–H and O–H groups in total. The van der Waals surface area contributed by atoms with Gasteiger partial charge in [0.2, 0.25) is 0 Å². The summed E-state index contributed by atoms with van der Waals surface area (Å²) >= 11 is 0. The molecular weight excluding hydrogens is 641 g/mol. The number of nitrogens with zero attached hydrogens (tertiary/aromatic N) is 3. The summed E-state index contributed by atoms with van der Waals surface area (Å²) in [5.41, 5.74) is 2.45. The second-order valence-corrected chi connectivity index (χ2v) is 8.94. The lowest BCUT2D eigenvalue weighted by Gasteiger charge is -2.32. The summed E-state index contributed by atoms with van der Waals surface area (Å²) in [6.07, 6.45) is -5.29. The van der Waals surface area contributed by atoms with Gasteiger partial charge < -0.3 is 24.8 Å². The Labute approximate surface area is 248 Å². The van der Waals surface area contributed by atoms with E-state index in [9.17, 15) is 39.5 Å². The van der Waals surface area contributed by atoms with Crippen LogP contribution in [-0.4, -0.2) is 98.0 Å². The molecule has 11 nitrogen and oxygen atoms in total. The normalized spacial score (nSPS) is 19.7. The summed E-state index contributed by atoms with van der Waals surface area (Å²) in [6, 6.07) is 8.63. The van der Waals surface area contributed by atoms with Crippen LogP contribution in [0, 0.1) is 0 Å². The molecule has 0 amide bonds. The molecule has 0 aliphatic carbocycles. The van der Waals surface area contributed by atoms with Crippen LogP contribution in [-0.2, 0) is 37.0 Å². The molecule has 4 rings (SSSR count). The minimum Gasteiger partial charge on any atom is -0.475 e. The number of aromatic nitrogens is 2. The number of aliphatic carboxylic acids is 3. The molecule has 2 fully saturated rings. The number of rotatable bonds is 5. The summed E-state index contributed by atoms with van der Waals surface area (Å²) in [6.45, 7) is 3.31. The monoisotopic (exact) mass is 667 g/mol. The molecule has 0 bridgehead atoms. The average Bonchev–Trinajstić information content (AvgIpc) is 3.29. The molecule has 2 aromatic rings. The maximum atomic E-state index is 10.6. The molecule has 0 radical (unpaired) electrons. The van der Waals surface area contributed by atoms with E-state index < -0.39 is 36.4 Å². The second-order valence-electron chi connectivity index (χ2n) is 8.94. The van der Waals surface area contributed by atoms with Crippen molar-refractivity contribution in [2.75, 3.05) is 13.2 Å². The number of carbonyl (C=O) groups is 3. The highest BCUT2D eigenvalue weighted by molar-refractivity contribution is 5.73. The lowest BCUT2D eigenvalue weighted by atomic mass is 10.0. The van der Waals surface area contributed by atoms with Gasteiger partial charge in [0.15, 0.2) is 0 Å². The summed E-state index contributed by atoms with van der Waals surface area (Å²) < 4.78 is 108. The van der Waals surface area contributed by atoms with E-state index in [0.29, 0.717) is 12.6 Å². The molecule has 20 heteroatoms. The van der Waals surface area contributed by atoms with Crippen molar-refractivity contribution in [1.29, 1.82) is 0 Å². The number of hydrogen-bond acceptors (Lipinski definition) is 8. The number of halogens is 9. The highest BCUT2D eigenvalue weighted by atomic mass is 19.4. The van der Waals surface area contributed by atoms with Crippen molar-refractivity contribution in [3.63, 3.8) is 0 Å². The number of ether oxygens (including phenoxy) is 2. The number of fused-ring (bicyclic) bond motifs is 1. The Morgan fingerprint density at radius 1 is 0.778 bits per heavy atom. The van der Waals surface area contributed by atoms with E-state index in [1.807, 2.05) is 36.9 Å². The van der Waals surface area contributed by atoms with Gasteiger partial charge in [-0.15, -0.1) is 0 Å². The minimum atomic E-state index is -5.08. The molecule has 4 heterocycles. The van der Waals surface area contributed by atoms with Crippen LogP contribution in [0.15, 0.2) is 49.1 Å². The van der Waals surface area contributed by atoms with Gasteiger partial charge in [-0.3, -0.25) is 14.9 Å². The van der Waals surface area contributed by atoms with E-state index in [2.05, 4.69) is 27.0 Å². The average molecular weight is 667 g/mol. The predicted molar refractivity (Wildman–Crippen MR) is 131 cm³/mol. The fourth-order valence-electron chi connectivity index (χ4n) is 3.74. The largest absolute Gasteiger partial charge is 0.490 e. The van der Waals surface area contributed by atoms with Crippen molar-refractivity contribution in [2.24, 2.45) is 0 Å². The summed E-state index contributed by atoms with van der Waals surface area (Å²) in [5, 5.41) is 21.4. The molecule has 0 saturated carbocycles. The Morgan fingerprint density at radius 3 is 1.58 bits per heavy atom. The van der Waals surface area contributed by atoms with Crippen LogP contribution in [0.5, 0.6) is 0 Å². The van der Waals surface area contributed by atoms with E-state index in [4.69, 9.17) is 39.2 Å². The Hall–Kier alpha value is -4.04. The number of likely N-dealkylation sites (tertiary alicyclic amines) is 1. The van der Waals surface area contributed by atoms with E-state index in [-0.39, 0.29) is 12.2 Å². The van der Waals surface area contributed by atoms with Crippen LogP contribution < -0.4 is 0 Å². The Bertz CT molecular complexity index is 1140. The first-order chi connectivity index (χ1) is 20.7. The molecule has 2 aliphatic heterocycles. The van der Waals surface area contributed by atoms with Gasteiger partial charge in [-0.2, -0.15) is 39.5 Å². The van der Waals surface area contributed by atoms with Gasteiger partial charge in [0.05, 0.1) is 12.7 Å². The molecule has 0 spiro atoms. The molecular formula is C25H26F9N3O8. The molecule has 3 atom stereocenters. The third-order valence-corrected chi connectivity index (χ3v) is 5.66. The molecule has 2 aliphatic rings. The molecule has 252 valence electrons. The maximum absolute atomic E-state index is 10.6. The Kier molecular flexibility index (Phi) is 15.1. The van der Waals surface area contributed by atoms with Crippen molar-refractivity contribution in [3.8, 4) is 0 Å². The topological polar surface area (TPSA) is 159 Å². The van der Waals surface area contributed by atoms with E-state index in [1.165, 1.54) is 12.0 Å². The van der Waals surface area contributed by atoms with Gasteiger partial charge in [-0.1, -0.05) is 0 Å². The first-order valence-corrected chi connectivity index (χ1v) is 12.4. The second kappa shape index (κ2) is 17.4. The molecule has 0 aromatic carbocycles. The minimum absolute atomic E-state index is 0.130. The van der Waals surface area contributed by atoms with Crippen LogP contribution >= 0.6 is 0 Å². The van der Waals surface area contributed by atoms with Crippen LogP contribution in [0.1, 0.15) is 24.0 Å². The number of hydrogen-bond donors (Lipinski definition) is 3. The van der Waals surface area contributed by atoms with Crippen molar-refractivity contribution in [2.45, 2.75) is 62.8 Å². The fraction of sp³-hybridized carbons (Fsp3) is 0.480. The molecule has 0 unspecified atom stereocenters. The van der Waals surface area contributed by atoms with Crippen LogP contribution in [0.2, 0.25) is 0 Å². The van der Waals surface area contributed by atoms with Gasteiger partial charge >= 0.3 is 36.4 Å². The van der Waals surface area contributed by atoms with Crippen molar-refractivity contribution in [3.05, 3.63) is 60.2 Å².